The highest BCUT2D eigenvalue weighted by Gasteiger charge is 2.24. The third-order valence-corrected chi connectivity index (χ3v) is 6.09. The van der Waals surface area contributed by atoms with E-state index in [9.17, 15) is 9.59 Å². The number of nitrogens with one attached hydrogen (secondary N) is 1. The molecule has 1 saturated heterocycles. The highest BCUT2D eigenvalue weighted by atomic mass is 32.1. The number of amides is 2. The summed E-state index contributed by atoms with van der Waals surface area (Å²) in [6.07, 6.45) is 2.40. The molecule has 1 fully saturated rings. The van der Waals surface area contributed by atoms with Crippen LogP contribution in [0.5, 0.6) is 0 Å². The quantitative estimate of drug-likeness (QED) is 0.557. The molecule has 3 aromatic rings. The van der Waals surface area contributed by atoms with Crippen molar-refractivity contribution < 1.29 is 14.1 Å². The van der Waals surface area contributed by atoms with Gasteiger partial charge < -0.3 is 15.6 Å². The van der Waals surface area contributed by atoms with Crippen LogP contribution in [0.3, 0.4) is 0 Å². The van der Waals surface area contributed by atoms with E-state index in [0.29, 0.717) is 31.2 Å². The molecule has 1 aliphatic heterocycles. The van der Waals surface area contributed by atoms with Crippen LogP contribution in [0.4, 0.5) is 5.69 Å². The van der Waals surface area contributed by atoms with Crippen molar-refractivity contribution in [1.29, 1.82) is 0 Å². The molecule has 0 saturated carbocycles. The summed E-state index contributed by atoms with van der Waals surface area (Å²) in [5, 5.41) is 10.9. The van der Waals surface area contributed by atoms with Crippen LogP contribution in [-0.4, -0.2) is 39.9 Å². The molecule has 1 aliphatic rings. The molecule has 4 rings (SSSR count). The van der Waals surface area contributed by atoms with Crippen LogP contribution >= 0.6 is 11.3 Å². The van der Waals surface area contributed by atoms with Crippen molar-refractivity contribution in [2.75, 3.05) is 18.4 Å². The van der Waals surface area contributed by atoms with Gasteiger partial charge in [-0.1, -0.05) is 23.4 Å². The number of likely N-dealkylation sites (tertiary alicyclic amines) is 1. The SMILES string of the molecule is NC(=O)C1CCCN(Cc2ccccc2NC(=O)CCc2nc(-c3ccsc3)no2)C1. The molecule has 0 aliphatic carbocycles. The van der Waals surface area contributed by atoms with Gasteiger partial charge in [-0.05, 0) is 42.5 Å². The van der Waals surface area contributed by atoms with Crippen LogP contribution in [0.1, 0.15) is 30.7 Å². The van der Waals surface area contributed by atoms with Crippen LogP contribution in [0, 0.1) is 5.92 Å². The minimum Gasteiger partial charge on any atom is -0.369 e. The smallest absolute Gasteiger partial charge is 0.227 e. The molecule has 1 aromatic carbocycles. The predicted molar refractivity (Wildman–Crippen MR) is 118 cm³/mol. The van der Waals surface area contributed by atoms with Crippen LogP contribution in [0.25, 0.3) is 11.4 Å². The molecule has 162 valence electrons. The van der Waals surface area contributed by atoms with Crippen molar-refractivity contribution in [3.8, 4) is 11.4 Å². The molecule has 0 radical (unpaired) electrons. The Labute approximate surface area is 184 Å². The molecule has 1 atom stereocenters. The van der Waals surface area contributed by atoms with Gasteiger partial charge in [-0.25, -0.2) is 0 Å². The van der Waals surface area contributed by atoms with Gasteiger partial charge in [0.2, 0.25) is 23.5 Å². The van der Waals surface area contributed by atoms with Crippen LogP contribution < -0.4 is 11.1 Å². The second-order valence-electron chi connectivity index (χ2n) is 7.71. The number of aromatic nitrogens is 2. The zero-order valence-corrected chi connectivity index (χ0v) is 17.9. The lowest BCUT2D eigenvalue weighted by molar-refractivity contribution is -0.123. The topological polar surface area (TPSA) is 114 Å². The number of aryl methyl sites for hydroxylation is 1. The minimum absolute atomic E-state index is 0.108. The molecular weight excluding hydrogens is 414 g/mol. The number of nitrogens with two attached hydrogens (primary N) is 1. The predicted octanol–water partition coefficient (Wildman–Crippen LogP) is 3.07. The lowest BCUT2D eigenvalue weighted by Gasteiger charge is -2.31. The first kappa shape index (κ1) is 21.2. The molecule has 8 nitrogen and oxygen atoms in total. The first-order valence-electron chi connectivity index (χ1n) is 10.3. The number of anilines is 1. The number of carbonyl (C=O) groups is 2. The number of nitrogens with zero attached hydrogens (tertiary/aromatic N) is 3. The van der Waals surface area contributed by atoms with E-state index in [4.69, 9.17) is 10.3 Å². The van der Waals surface area contributed by atoms with Crippen molar-refractivity contribution >= 4 is 28.8 Å². The van der Waals surface area contributed by atoms with Gasteiger partial charge in [0.05, 0.1) is 5.92 Å². The van der Waals surface area contributed by atoms with E-state index in [1.807, 2.05) is 41.1 Å². The van der Waals surface area contributed by atoms with E-state index in [0.717, 1.165) is 36.2 Å². The Balaban J connectivity index is 1.33. The summed E-state index contributed by atoms with van der Waals surface area (Å²) >= 11 is 1.57. The third kappa shape index (κ3) is 5.56. The molecule has 3 heterocycles. The lowest BCUT2D eigenvalue weighted by Crippen LogP contribution is -2.40. The van der Waals surface area contributed by atoms with Crippen molar-refractivity contribution in [3.63, 3.8) is 0 Å². The van der Waals surface area contributed by atoms with Crippen LogP contribution in [0.2, 0.25) is 0 Å². The monoisotopic (exact) mass is 439 g/mol. The molecule has 9 heteroatoms. The van der Waals surface area contributed by atoms with E-state index in [1.54, 1.807) is 11.3 Å². The maximum atomic E-state index is 12.5. The van der Waals surface area contributed by atoms with Gasteiger partial charge in [0.15, 0.2) is 0 Å². The highest BCUT2D eigenvalue weighted by Crippen LogP contribution is 2.23. The summed E-state index contributed by atoms with van der Waals surface area (Å²) in [4.78, 5) is 30.6. The molecule has 31 heavy (non-hydrogen) atoms. The fourth-order valence-electron chi connectivity index (χ4n) is 3.75. The zero-order chi connectivity index (χ0) is 21.6. The van der Waals surface area contributed by atoms with E-state index < -0.39 is 0 Å². The Morgan fingerprint density at radius 1 is 1.29 bits per heavy atom. The number of thiophene rings is 1. The molecule has 0 bridgehead atoms. The fraction of sp³-hybridized carbons (Fsp3) is 0.364. The largest absolute Gasteiger partial charge is 0.369 e. The minimum atomic E-state index is -0.241. The van der Waals surface area contributed by atoms with Gasteiger partial charge in [0.1, 0.15) is 0 Å². The highest BCUT2D eigenvalue weighted by molar-refractivity contribution is 7.08. The first-order chi connectivity index (χ1) is 15.1. The molecule has 1 unspecified atom stereocenters. The number of hydrogen-bond donors (Lipinski definition) is 2. The Bertz CT molecular complexity index is 1030. The average molecular weight is 440 g/mol. The number of carbonyl (C=O) groups excluding carboxylic acids is 2. The second-order valence-corrected chi connectivity index (χ2v) is 8.49. The number of benzene rings is 1. The van der Waals surface area contributed by atoms with Crippen molar-refractivity contribution in [2.24, 2.45) is 11.7 Å². The summed E-state index contributed by atoms with van der Waals surface area (Å²) in [6, 6.07) is 9.66. The van der Waals surface area contributed by atoms with E-state index in [2.05, 4.69) is 20.4 Å². The summed E-state index contributed by atoms with van der Waals surface area (Å²) in [6.45, 7) is 2.23. The summed E-state index contributed by atoms with van der Waals surface area (Å²) in [5.41, 5.74) is 8.19. The van der Waals surface area contributed by atoms with E-state index in [1.165, 1.54) is 0 Å². The van der Waals surface area contributed by atoms with Crippen LogP contribution in [-0.2, 0) is 22.6 Å². The van der Waals surface area contributed by atoms with Crippen LogP contribution in [0.15, 0.2) is 45.6 Å². The van der Waals surface area contributed by atoms with Gasteiger partial charge in [0, 0.05) is 42.6 Å². The zero-order valence-electron chi connectivity index (χ0n) is 17.1. The standard InChI is InChI=1S/C22H25N5O3S/c23-21(29)16-5-3-10-27(13-16)12-15-4-1-2-6-18(15)24-19(28)7-8-20-25-22(26-30-20)17-9-11-31-14-17/h1-2,4,6,9,11,14,16H,3,5,7-8,10,12-13H2,(H2,23,29)(H,24,28). The van der Waals surface area contributed by atoms with E-state index in [-0.39, 0.29) is 24.2 Å². The van der Waals surface area contributed by atoms with Crippen molar-refractivity contribution in [2.45, 2.75) is 32.2 Å². The lowest BCUT2D eigenvalue weighted by atomic mass is 9.97. The van der Waals surface area contributed by atoms with Gasteiger partial charge in [0.25, 0.3) is 0 Å². The maximum absolute atomic E-state index is 12.5. The van der Waals surface area contributed by atoms with Gasteiger partial charge in [-0.15, -0.1) is 0 Å². The Hall–Kier alpha value is -3.04. The second kappa shape index (κ2) is 9.84. The number of hydrogen-bond acceptors (Lipinski definition) is 7. The fourth-order valence-corrected chi connectivity index (χ4v) is 4.39. The number of para-hydroxylation sites is 1. The Morgan fingerprint density at radius 2 is 2.16 bits per heavy atom. The molecular formula is C22H25N5O3S. The Kier molecular flexibility index (Phi) is 6.73. The Morgan fingerprint density at radius 3 is 2.97 bits per heavy atom. The normalized spacial score (nSPS) is 16.8. The summed E-state index contributed by atoms with van der Waals surface area (Å²) < 4.78 is 5.26. The summed E-state index contributed by atoms with van der Waals surface area (Å²) in [7, 11) is 0. The molecule has 3 N–H and O–H groups in total. The van der Waals surface area contributed by atoms with E-state index >= 15 is 0 Å². The third-order valence-electron chi connectivity index (χ3n) is 5.41. The number of rotatable bonds is 8. The number of primary amides is 1. The van der Waals surface area contributed by atoms with Crippen molar-refractivity contribution in [3.05, 3.63) is 52.5 Å². The van der Waals surface area contributed by atoms with Crippen molar-refractivity contribution in [1.82, 2.24) is 15.0 Å². The van der Waals surface area contributed by atoms with Gasteiger partial charge >= 0.3 is 0 Å². The van der Waals surface area contributed by atoms with Gasteiger partial charge in [-0.2, -0.15) is 16.3 Å². The maximum Gasteiger partial charge on any atom is 0.227 e. The molecule has 2 aromatic heterocycles. The summed E-state index contributed by atoms with van der Waals surface area (Å²) in [5.74, 6) is 0.517. The molecule has 0 spiro atoms. The molecule has 2 amide bonds. The first-order valence-corrected chi connectivity index (χ1v) is 11.3. The number of piperidine rings is 1. The van der Waals surface area contributed by atoms with Gasteiger partial charge in [-0.3, -0.25) is 14.5 Å². The average Bonchev–Trinajstić information content (AvgIpc) is 3.46.